The van der Waals surface area contributed by atoms with E-state index in [2.05, 4.69) is 20.3 Å². The van der Waals surface area contributed by atoms with Gasteiger partial charge in [0.1, 0.15) is 0 Å². The van der Waals surface area contributed by atoms with Crippen LogP contribution < -0.4 is 22.5 Å². The highest BCUT2D eigenvalue weighted by atomic mass is 35.5. The smallest absolute Gasteiger partial charge is 0.280 e. The third-order valence-electron chi connectivity index (χ3n) is 3.15. The fraction of sp³-hybridized carbons (Fsp3) is 0.571. The van der Waals surface area contributed by atoms with Crippen LogP contribution in [0.1, 0.15) is 42.6 Å². The van der Waals surface area contributed by atoms with Crippen LogP contribution in [0.15, 0.2) is 4.99 Å². The largest absolute Gasteiger partial charge is 0.385 e. The number of nitrogens with one attached hydrogen (secondary N) is 1. The van der Waals surface area contributed by atoms with Crippen LogP contribution in [0, 0.1) is 0 Å². The number of halogens is 1. The summed E-state index contributed by atoms with van der Waals surface area (Å²) >= 11 is 5.73. The van der Waals surface area contributed by atoms with Gasteiger partial charge in [0, 0.05) is 20.3 Å². The maximum absolute atomic E-state index is 12.0. The summed E-state index contributed by atoms with van der Waals surface area (Å²) in [5.41, 5.74) is 16.6. The zero-order chi connectivity index (χ0) is 17.9. The molecule has 0 saturated heterocycles. The van der Waals surface area contributed by atoms with Gasteiger partial charge >= 0.3 is 0 Å². The molecule has 0 aliphatic rings. The van der Waals surface area contributed by atoms with E-state index in [1.807, 2.05) is 0 Å². The molecule has 134 valence electrons. The molecule has 0 saturated carbocycles. The molecule has 0 bridgehead atoms. The normalized spacial score (nSPS) is 11.5. The van der Waals surface area contributed by atoms with Crippen LogP contribution in [0.25, 0.3) is 0 Å². The summed E-state index contributed by atoms with van der Waals surface area (Å²) < 4.78 is 4.98. The number of guanidine groups is 1. The van der Waals surface area contributed by atoms with Crippen molar-refractivity contribution in [3.63, 3.8) is 0 Å². The molecule has 1 amide bonds. The Kier molecular flexibility index (Phi) is 8.80. The van der Waals surface area contributed by atoms with E-state index >= 15 is 0 Å². The Morgan fingerprint density at radius 1 is 1.17 bits per heavy atom. The maximum atomic E-state index is 12.0. The number of hydrogen-bond acceptors (Lipinski definition) is 7. The Labute approximate surface area is 146 Å². The van der Waals surface area contributed by atoms with Crippen molar-refractivity contribution in [2.75, 3.05) is 31.7 Å². The molecular weight excluding hydrogens is 334 g/mol. The molecule has 0 fully saturated rings. The van der Waals surface area contributed by atoms with Crippen LogP contribution in [-0.4, -0.2) is 42.1 Å². The monoisotopic (exact) mass is 357 g/mol. The number of methoxy groups -OCH3 is 1. The molecule has 0 radical (unpaired) electrons. The Morgan fingerprint density at radius 3 is 2.54 bits per heavy atom. The van der Waals surface area contributed by atoms with Gasteiger partial charge in [0.2, 0.25) is 0 Å². The van der Waals surface area contributed by atoms with Gasteiger partial charge in [0.25, 0.3) is 5.91 Å². The first-order valence-electron chi connectivity index (χ1n) is 7.64. The summed E-state index contributed by atoms with van der Waals surface area (Å²) in [6.07, 6.45) is 5.23. The number of unbranched alkanes of at least 4 members (excludes halogenated alkanes) is 4. The van der Waals surface area contributed by atoms with Crippen molar-refractivity contribution in [3.05, 3.63) is 10.8 Å². The van der Waals surface area contributed by atoms with Gasteiger partial charge in [-0.1, -0.05) is 30.9 Å². The van der Waals surface area contributed by atoms with E-state index in [1.165, 1.54) is 0 Å². The van der Waals surface area contributed by atoms with E-state index in [0.717, 1.165) is 38.7 Å². The van der Waals surface area contributed by atoms with E-state index in [4.69, 9.17) is 33.5 Å². The fourth-order valence-electron chi connectivity index (χ4n) is 1.91. The minimum absolute atomic E-state index is 0.00599. The maximum Gasteiger partial charge on any atom is 0.280 e. The second kappa shape index (κ2) is 10.6. The first-order chi connectivity index (χ1) is 11.5. The summed E-state index contributed by atoms with van der Waals surface area (Å²) in [6.45, 7) is 1.32. The lowest BCUT2D eigenvalue weighted by atomic mass is 10.1. The molecular formula is C14H24ClN7O2. The van der Waals surface area contributed by atoms with Crippen molar-refractivity contribution in [1.82, 2.24) is 15.3 Å². The number of aromatic nitrogens is 2. The van der Waals surface area contributed by atoms with Crippen molar-refractivity contribution in [2.45, 2.75) is 32.1 Å². The third-order valence-corrected chi connectivity index (χ3v) is 3.43. The van der Waals surface area contributed by atoms with E-state index in [1.54, 1.807) is 7.11 Å². The average molecular weight is 358 g/mol. The summed E-state index contributed by atoms with van der Waals surface area (Å²) in [5, 5.41) is 2.29. The topological polar surface area (TPSA) is 155 Å². The Hall–Kier alpha value is -2.13. The number of nitrogen functional groups attached to an aromatic ring is 2. The molecule has 1 heterocycles. The zero-order valence-corrected chi connectivity index (χ0v) is 14.5. The van der Waals surface area contributed by atoms with Gasteiger partial charge in [0.05, 0.1) is 0 Å². The molecule has 0 atom stereocenters. The highest BCUT2D eigenvalue weighted by Gasteiger charge is 2.16. The molecule has 24 heavy (non-hydrogen) atoms. The SMILES string of the molecule is COCCCCCCCN=C(N)NC(=O)c1nc(Cl)c(N)nc1N. The molecule has 1 rings (SSSR count). The predicted molar refractivity (Wildman–Crippen MR) is 94.8 cm³/mol. The van der Waals surface area contributed by atoms with Crippen LogP contribution in [0.5, 0.6) is 0 Å². The second-order valence-electron chi connectivity index (χ2n) is 5.12. The molecule has 9 nitrogen and oxygen atoms in total. The molecule has 0 aromatic carbocycles. The molecule has 10 heteroatoms. The van der Waals surface area contributed by atoms with Gasteiger partial charge < -0.3 is 21.9 Å². The summed E-state index contributed by atoms with van der Waals surface area (Å²) in [7, 11) is 1.70. The number of nitrogens with two attached hydrogens (primary N) is 3. The molecule has 1 aromatic rings. The van der Waals surface area contributed by atoms with Crippen LogP contribution in [0.4, 0.5) is 11.6 Å². The van der Waals surface area contributed by atoms with Gasteiger partial charge in [-0.2, -0.15) is 0 Å². The van der Waals surface area contributed by atoms with Gasteiger partial charge in [-0.3, -0.25) is 15.1 Å². The van der Waals surface area contributed by atoms with Crippen molar-refractivity contribution in [1.29, 1.82) is 0 Å². The van der Waals surface area contributed by atoms with Crippen LogP contribution in [0.3, 0.4) is 0 Å². The van der Waals surface area contributed by atoms with Crippen molar-refractivity contribution >= 4 is 35.1 Å². The second-order valence-corrected chi connectivity index (χ2v) is 5.47. The molecule has 0 unspecified atom stereocenters. The highest BCUT2D eigenvalue weighted by Crippen LogP contribution is 2.17. The number of nitrogens with zero attached hydrogens (tertiary/aromatic N) is 3. The molecule has 0 aliphatic heterocycles. The third kappa shape index (κ3) is 6.97. The summed E-state index contributed by atoms with van der Waals surface area (Å²) in [6, 6.07) is 0. The van der Waals surface area contributed by atoms with Gasteiger partial charge in [-0.25, -0.2) is 9.97 Å². The minimum Gasteiger partial charge on any atom is -0.385 e. The highest BCUT2D eigenvalue weighted by molar-refractivity contribution is 6.31. The number of anilines is 2. The standard InChI is InChI=1S/C14H24ClN7O2/c1-24-8-6-4-2-3-5-7-19-14(18)22-13(23)9-11(16)21-12(17)10(15)20-9/h2-8H2,1H3,(H4,16,17,21)(H3,18,19,22,23). The number of ether oxygens (including phenoxy) is 1. The number of rotatable bonds is 9. The fourth-order valence-corrected chi connectivity index (χ4v) is 2.04. The Balaban J connectivity index is 2.37. The molecule has 1 aromatic heterocycles. The Bertz CT molecular complexity index is 580. The number of carbonyl (C=O) groups excluding carboxylic acids is 1. The quantitative estimate of drug-likeness (QED) is 0.291. The predicted octanol–water partition coefficient (Wildman–Crippen LogP) is 0.936. The summed E-state index contributed by atoms with van der Waals surface area (Å²) in [5.74, 6) is -0.813. The van der Waals surface area contributed by atoms with Gasteiger partial charge in [0.15, 0.2) is 28.4 Å². The number of hydrogen-bond donors (Lipinski definition) is 4. The van der Waals surface area contributed by atoms with Crippen LogP contribution in [0.2, 0.25) is 5.15 Å². The zero-order valence-electron chi connectivity index (χ0n) is 13.7. The van der Waals surface area contributed by atoms with E-state index < -0.39 is 5.91 Å². The van der Waals surface area contributed by atoms with E-state index in [9.17, 15) is 4.79 Å². The lowest BCUT2D eigenvalue weighted by molar-refractivity contribution is 0.0972. The average Bonchev–Trinajstić information content (AvgIpc) is 2.53. The molecule has 0 spiro atoms. The van der Waals surface area contributed by atoms with Crippen molar-refractivity contribution in [3.8, 4) is 0 Å². The van der Waals surface area contributed by atoms with Gasteiger partial charge in [-0.15, -0.1) is 0 Å². The number of aliphatic imine (C=N–C) groups is 1. The number of carbonyl (C=O) groups is 1. The van der Waals surface area contributed by atoms with Crippen molar-refractivity contribution < 1.29 is 9.53 Å². The first-order valence-corrected chi connectivity index (χ1v) is 8.02. The minimum atomic E-state index is -0.636. The molecule has 7 N–H and O–H groups in total. The molecule has 0 aliphatic carbocycles. The van der Waals surface area contributed by atoms with Crippen LogP contribution >= 0.6 is 11.6 Å². The van der Waals surface area contributed by atoms with Crippen molar-refractivity contribution in [2.24, 2.45) is 10.7 Å². The summed E-state index contributed by atoms with van der Waals surface area (Å²) in [4.78, 5) is 23.6. The Morgan fingerprint density at radius 2 is 1.83 bits per heavy atom. The van der Waals surface area contributed by atoms with Crippen LogP contribution in [-0.2, 0) is 4.74 Å². The van der Waals surface area contributed by atoms with E-state index in [-0.39, 0.29) is 28.4 Å². The first kappa shape index (κ1) is 19.9. The lowest BCUT2D eigenvalue weighted by Crippen LogP contribution is -2.38. The number of amides is 1. The van der Waals surface area contributed by atoms with E-state index in [0.29, 0.717) is 6.54 Å². The lowest BCUT2D eigenvalue weighted by Gasteiger charge is -2.07. The van der Waals surface area contributed by atoms with Gasteiger partial charge in [-0.05, 0) is 12.8 Å².